The zero-order chi connectivity index (χ0) is 65.2. The minimum absolute atomic E-state index is 0.932. The van der Waals surface area contributed by atoms with Gasteiger partial charge < -0.3 is 4.90 Å². The van der Waals surface area contributed by atoms with Crippen LogP contribution in [0.1, 0.15) is 512 Å². The molecule has 0 aromatic heterocycles. The van der Waals surface area contributed by atoms with Gasteiger partial charge in [0.25, 0.3) is 0 Å². The number of nitrogens with zero attached hydrogens (tertiary/aromatic N) is 1. The summed E-state index contributed by atoms with van der Waals surface area (Å²) in [4.78, 5) is 2.77. The van der Waals surface area contributed by atoms with Gasteiger partial charge in [-0.05, 0) is 96.2 Å². The number of hydrogen-bond donors (Lipinski definition) is 0. The number of allylic oxidation sites excluding steroid dienone is 2. The molecule has 0 aliphatic heterocycles. The zero-order valence-corrected chi connectivity index (χ0v) is 64.4. The van der Waals surface area contributed by atoms with Gasteiger partial charge in [-0.1, -0.05) is 466 Å². The standard InChI is InChI=1S/C28H59N.2C22H44.C15H32/c1-5-8-10-11-12-13-14-15-16-17-19-22-26-29(25-9-6-2)27-23-20-18-21-24-28(4)7-3;2*1-4-6-8-9-10-11-12-13-14-15-16-17-18-19-21-22(3)20-7-5-2;1-3-5-7-9-11-13-15-14-12-10-8-6-4-2/h28H,5-27H2,1-4H3;2*3-21H2,1-2H3;3-15H2,1-2H3. The molecular formula is C87H179N. The third-order valence-electron chi connectivity index (χ3n) is 19.5. The fraction of sp³-hybridized carbons (Fsp3) is 0.954. The lowest BCUT2D eigenvalue weighted by Gasteiger charge is -2.22. The van der Waals surface area contributed by atoms with Crippen LogP contribution in [-0.4, -0.2) is 24.5 Å². The van der Waals surface area contributed by atoms with E-state index in [0.29, 0.717) is 0 Å². The summed E-state index contributed by atoms with van der Waals surface area (Å²) in [5, 5.41) is 0. The Kier molecular flexibility index (Phi) is 96.6. The fourth-order valence-corrected chi connectivity index (χ4v) is 12.6. The first-order valence-electron chi connectivity index (χ1n) is 42.3. The van der Waals surface area contributed by atoms with Crippen LogP contribution < -0.4 is 0 Å². The van der Waals surface area contributed by atoms with Gasteiger partial charge in [0.1, 0.15) is 0 Å². The second kappa shape index (κ2) is 90.6. The van der Waals surface area contributed by atoms with Gasteiger partial charge in [0.05, 0.1) is 0 Å². The van der Waals surface area contributed by atoms with E-state index in [1.165, 1.54) is 474 Å². The molecule has 1 unspecified atom stereocenters. The van der Waals surface area contributed by atoms with Crippen LogP contribution in [0.5, 0.6) is 0 Å². The Hall–Kier alpha value is -0.560. The van der Waals surface area contributed by atoms with Crippen molar-refractivity contribution in [3.63, 3.8) is 0 Å². The summed E-state index contributed by atoms with van der Waals surface area (Å²) in [6.07, 6.45) is 98.5. The van der Waals surface area contributed by atoms with Crippen molar-refractivity contribution in [2.24, 2.45) is 5.92 Å². The van der Waals surface area contributed by atoms with Crippen molar-refractivity contribution in [2.75, 3.05) is 19.6 Å². The van der Waals surface area contributed by atoms with E-state index >= 15 is 0 Å². The molecule has 1 heteroatoms. The summed E-state index contributed by atoms with van der Waals surface area (Å²) in [6, 6.07) is 0. The van der Waals surface area contributed by atoms with E-state index < -0.39 is 0 Å². The molecule has 0 aromatic rings. The van der Waals surface area contributed by atoms with Gasteiger partial charge in [-0.3, -0.25) is 0 Å². The third kappa shape index (κ3) is 94.1. The van der Waals surface area contributed by atoms with Crippen LogP contribution in [0.3, 0.4) is 0 Å². The van der Waals surface area contributed by atoms with Crippen LogP contribution >= 0.6 is 0 Å². The highest BCUT2D eigenvalue weighted by molar-refractivity contribution is 4.94. The lowest BCUT2D eigenvalue weighted by Crippen LogP contribution is -2.27. The molecule has 0 fully saturated rings. The highest BCUT2D eigenvalue weighted by atomic mass is 15.1. The fourth-order valence-electron chi connectivity index (χ4n) is 12.6. The Bertz CT molecular complexity index is 1110. The van der Waals surface area contributed by atoms with Gasteiger partial charge in [-0.25, -0.2) is 0 Å². The predicted octanol–water partition coefficient (Wildman–Crippen LogP) is 33.1. The average Bonchev–Trinajstić information content (AvgIpc) is 3.54. The van der Waals surface area contributed by atoms with E-state index in [1.54, 1.807) is 0 Å². The number of hydrogen-bond acceptors (Lipinski definition) is 1. The molecule has 0 saturated carbocycles. The van der Waals surface area contributed by atoms with Crippen molar-refractivity contribution in [1.29, 1.82) is 0 Å². The molecule has 88 heavy (non-hydrogen) atoms. The van der Waals surface area contributed by atoms with Crippen molar-refractivity contribution in [1.82, 2.24) is 4.90 Å². The Balaban J connectivity index is -0.000000547. The van der Waals surface area contributed by atoms with Crippen LogP contribution in [0.2, 0.25) is 0 Å². The highest BCUT2D eigenvalue weighted by Gasteiger charge is 2.06. The molecule has 1 atom stereocenters. The topological polar surface area (TPSA) is 3.24 Å². The SMILES string of the molecule is C=C(CCCC)CCCCCCCCCCCCCCCC.C=C(CCCC)CCCCCCCCCCCCCCCC.CCCCCCCCCCCCCCC.CCCCCCCCCCCCCCN(CCCC)CCCCCCC(C)CC. The third-order valence-corrected chi connectivity index (χ3v) is 19.5. The van der Waals surface area contributed by atoms with Crippen LogP contribution in [0.25, 0.3) is 0 Å². The molecule has 0 rings (SSSR count). The molecule has 0 aromatic carbocycles. The van der Waals surface area contributed by atoms with Crippen molar-refractivity contribution in [2.45, 2.75) is 512 Å². The van der Waals surface area contributed by atoms with Crippen LogP contribution in [0, 0.1) is 5.92 Å². The first-order valence-corrected chi connectivity index (χ1v) is 42.3. The molecular weight excluding hydrogens is 1060 g/mol. The van der Waals surface area contributed by atoms with E-state index in [9.17, 15) is 0 Å². The monoisotopic (exact) mass is 1240 g/mol. The lowest BCUT2D eigenvalue weighted by atomic mass is 10.0. The molecule has 0 N–H and O–H groups in total. The first kappa shape index (κ1) is 93.8. The van der Waals surface area contributed by atoms with Crippen molar-refractivity contribution in [3.8, 4) is 0 Å². The maximum Gasteiger partial charge on any atom is -0.00187 e. The highest BCUT2D eigenvalue weighted by Crippen LogP contribution is 2.21. The molecule has 0 aliphatic carbocycles. The minimum Gasteiger partial charge on any atom is -0.303 e. The molecule has 532 valence electrons. The molecule has 1 nitrogen and oxygen atoms in total. The van der Waals surface area contributed by atoms with E-state index in [-0.39, 0.29) is 0 Å². The second-order valence-corrected chi connectivity index (χ2v) is 29.1. The average molecular weight is 1240 g/mol. The van der Waals surface area contributed by atoms with Gasteiger partial charge in [0.15, 0.2) is 0 Å². The maximum atomic E-state index is 4.19. The Morgan fingerprint density at radius 2 is 0.375 bits per heavy atom. The Labute approximate surface area is 564 Å². The zero-order valence-electron chi connectivity index (χ0n) is 64.4. The van der Waals surface area contributed by atoms with Gasteiger partial charge in [0.2, 0.25) is 0 Å². The smallest absolute Gasteiger partial charge is 0.00187 e. The van der Waals surface area contributed by atoms with E-state index in [0.717, 1.165) is 5.92 Å². The Morgan fingerprint density at radius 3 is 0.591 bits per heavy atom. The van der Waals surface area contributed by atoms with Crippen molar-refractivity contribution >= 4 is 0 Å². The molecule has 0 saturated heterocycles. The van der Waals surface area contributed by atoms with Gasteiger partial charge in [-0.15, -0.1) is 0 Å². The predicted molar refractivity (Wildman–Crippen MR) is 414 cm³/mol. The molecule has 0 amide bonds. The summed E-state index contributed by atoms with van der Waals surface area (Å²) >= 11 is 0. The normalized spacial score (nSPS) is 11.5. The summed E-state index contributed by atoms with van der Waals surface area (Å²) < 4.78 is 0. The summed E-state index contributed by atoms with van der Waals surface area (Å²) in [5.41, 5.74) is 2.97. The molecule has 0 spiro atoms. The number of unbranched alkanes of at least 4 members (excludes halogenated alkanes) is 55. The maximum absolute atomic E-state index is 4.19. The van der Waals surface area contributed by atoms with Gasteiger partial charge in [-0.2, -0.15) is 0 Å². The van der Waals surface area contributed by atoms with E-state index in [2.05, 4.69) is 87.3 Å². The molecule has 0 aliphatic rings. The Morgan fingerprint density at radius 1 is 0.205 bits per heavy atom. The lowest BCUT2D eigenvalue weighted by molar-refractivity contribution is 0.256. The molecule has 0 bridgehead atoms. The molecule has 0 radical (unpaired) electrons. The van der Waals surface area contributed by atoms with Gasteiger partial charge >= 0.3 is 0 Å². The van der Waals surface area contributed by atoms with E-state index in [4.69, 9.17) is 0 Å². The van der Waals surface area contributed by atoms with Gasteiger partial charge in [0, 0.05) is 0 Å². The number of rotatable bonds is 72. The van der Waals surface area contributed by atoms with Crippen LogP contribution in [0.4, 0.5) is 0 Å². The molecule has 0 heterocycles. The van der Waals surface area contributed by atoms with Crippen LogP contribution in [0.15, 0.2) is 24.3 Å². The first-order chi connectivity index (χ1) is 43.3. The second-order valence-electron chi connectivity index (χ2n) is 29.1. The van der Waals surface area contributed by atoms with Crippen molar-refractivity contribution < 1.29 is 0 Å². The van der Waals surface area contributed by atoms with E-state index in [1.807, 2.05) is 0 Å². The van der Waals surface area contributed by atoms with Crippen LogP contribution in [-0.2, 0) is 0 Å². The van der Waals surface area contributed by atoms with Crippen molar-refractivity contribution in [3.05, 3.63) is 24.3 Å². The summed E-state index contributed by atoms with van der Waals surface area (Å²) in [6.45, 7) is 35.5. The largest absolute Gasteiger partial charge is 0.303 e. The summed E-state index contributed by atoms with van der Waals surface area (Å²) in [7, 11) is 0. The quantitative estimate of drug-likeness (QED) is 0.0433. The minimum atomic E-state index is 0.932. The summed E-state index contributed by atoms with van der Waals surface area (Å²) in [5.74, 6) is 0.932.